The highest BCUT2D eigenvalue weighted by molar-refractivity contribution is 7.11. The number of aromatic nitrogens is 1. The molecule has 10 nitrogen and oxygen atoms in total. The number of carboxylic acids is 1. The Balaban J connectivity index is 1.34. The lowest BCUT2D eigenvalue weighted by atomic mass is 10.1. The number of carbonyl (C=O) groups is 2. The molecule has 0 radical (unpaired) electrons. The van der Waals surface area contributed by atoms with E-state index in [0.717, 1.165) is 82.0 Å². The van der Waals surface area contributed by atoms with E-state index in [4.69, 9.17) is 9.84 Å². The number of urea groups is 1. The Kier molecular flexibility index (Phi) is 11.5. The SMILES string of the molecule is Cc1ccc(COc2nsc(NC(=O)NCCCCCCN3CCN(CCO)CC3)c2C(=O)O)c(F)c1. The normalized spacial score (nSPS) is 14.5. The van der Waals surface area contributed by atoms with Crippen molar-refractivity contribution >= 4 is 28.5 Å². The number of aliphatic hydroxyl groups excluding tert-OH is 1. The van der Waals surface area contributed by atoms with Crippen LogP contribution in [0.1, 0.15) is 47.2 Å². The first-order valence-electron chi connectivity index (χ1n) is 12.6. The molecule has 1 aliphatic rings. The Bertz CT molecular complexity index is 1030. The van der Waals surface area contributed by atoms with Gasteiger partial charge in [-0.15, -0.1) is 0 Å². The van der Waals surface area contributed by atoms with Crippen molar-refractivity contribution in [3.63, 3.8) is 0 Å². The van der Waals surface area contributed by atoms with E-state index in [1.807, 2.05) is 0 Å². The van der Waals surface area contributed by atoms with Crippen LogP contribution in [0, 0.1) is 12.7 Å². The van der Waals surface area contributed by atoms with Crippen LogP contribution < -0.4 is 15.4 Å². The van der Waals surface area contributed by atoms with Gasteiger partial charge in [-0.1, -0.05) is 25.0 Å². The van der Waals surface area contributed by atoms with Crippen LogP contribution in [-0.4, -0.2) is 88.8 Å². The minimum absolute atomic E-state index is 0.0588. The van der Waals surface area contributed by atoms with Crippen molar-refractivity contribution in [3.8, 4) is 5.88 Å². The van der Waals surface area contributed by atoms with E-state index in [9.17, 15) is 19.1 Å². The van der Waals surface area contributed by atoms with Gasteiger partial charge in [-0.3, -0.25) is 10.2 Å². The first-order valence-corrected chi connectivity index (χ1v) is 13.4. The second-order valence-electron chi connectivity index (χ2n) is 9.08. The molecule has 1 saturated heterocycles. The number of unbranched alkanes of at least 4 members (excludes halogenated alkanes) is 3. The van der Waals surface area contributed by atoms with Crippen LogP contribution in [0.5, 0.6) is 5.88 Å². The van der Waals surface area contributed by atoms with Gasteiger partial charge in [0.2, 0.25) is 5.88 Å². The predicted molar refractivity (Wildman–Crippen MR) is 140 cm³/mol. The highest BCUT2D eigenvalue weighted by Gasteiger charge is 2.23. The summed E-state index contributed by atoms with van der Waals surface area (Å²) in [5.74, 6) is -1.90. The van der Waals surface area contributed by atoms with Gasteiger partial charge in [-0.25, -0.2) is 14.0 Å². The summed E-state index contributed by atoms with van der Waals surface area (Å²) in [5.41, 5.74) is 0.788. The van der Waals surface area contributed by atoms with E-state index in [2.05, 4.69) is 24.8 Å². The Morgan fingerprint density at radius 1 is 1.11 bits per heavy atom. The third kappa shape index (κ3) is 9.22. The molecule has 204 valence electrons. The van der Waals surface area contributed by atoms with Crippen molar-refractivity contribution in [2.45, 2.75) is 39.2 Å². The number of rotatable bonds is 14. The number of benzene rings is 1. The first kappa shape index (κ1) is 28.8. The summed E-state index contributed by atoms with van der Waals surface area (Å²) in [5, 5.41) is 23.9. The Hall–Kier alpha value is -2.80. The second-order valence-corrected chi connectivity index (χ2v) is 9.86. The molecule has 2 amide bonds. The molecule has 2 heterocycles. The van der Waals surface area contributed by atoms with Crippen LogP contribution in [0.25, 0.3) is 0 Å². The molecule has 0 aliphatic carbocycles. The molecule has 0 saturated carbocycles. The highest BCUT2D eigenvalue weighted by Crippen LogP contribution is 2.31. The maximum Gasteiger partial charge on any atom is 0.344 e. The maximum atomic E-state index is 14.0. The van der Waals surface area contributed by atoms with Gasteiger partial charge in [-0.05, 0) is 49.5 Å². The second kappa shape index (κ2) is 14.8. The number of halogens is 1. The highest BCUT2D eigenvalue weighted by atomic mass is 32.1. The van der Waals surface area contributed by atoms with Gasteiger partial charge in [0.1, 0.15) is 17.4 Å². The molecule has 0 bridgehead atoms. The molecule has 1 aliphatic heterocycles. The van der Waals surface area contributed by atoms with Crippen LogP contribution in [0.15, 0.2) is 18.2 Å². The number of nitrogens with one attached hydrogen (secondary N) is 2. The molecule has 37 heavy (non-hydrogen) atoms. The van der Waals surface area contributed by atoms with E-state index in [0.29, 0.717) is 6.54 Å². The molecule has 0 unspecified atom stereocenters. The Morgan fingerprint density at radius 2 is 1.81 bits per heavy atom. The molecule has 1 aromatic carbocycles. The number of aliphatic hydroxyl groups is 1. The molecule has 1 fully saturated rings. The lowest BCUT2D eigenvalue weighted by molar-refractivity contribution is 0.0693. The van der Waals surface area contributed by atoms with Crippen molar-refractivity contribution in [1.82, 2.24) is 19.5 Å². The van der Waals surface area contributed by atoms with Crippen LogP contribution in [0.2, 0.25) is 0 Å². The lowest BCUT2D eigenvalue weighted by Gasteiger charge is -2.34. The van der Waals surface area contributed by atoms with Crippen molar-refractivity contribution in [3.05, 3.63) is 40.7 Å². The van der Waals surface area contributed by atoms with Gasteiger partial charge in [-0.2, -0.15) is 4.37 Å². The first-order chi connectivity index (χ1) is 17.9. The number of hydrogen-bond donors (Lipinski definition) is 4. The summed E-state index contributed by atoms with van der Waals surface area (Å²) in [6, 6.07) is 4.17. The van der Waals surface area contributed by atoms with Crippen LogP contribution in [0.3, 0.4) is 0 Å². The Morgan fingerprint density at radius 3 is 2.49 bits per heavy atom. The molecule has 12 heteroatoms. The number of aryl methyl sites for hydroxylation is 1. The standard InChI is InChI=1S/C25H36FN5O5S/c1-18-6-7-19(20(26)16-18)17-36-22-21(24(33)34)23(37-29-22)28-25(35)27-8-4-2-3-5-9-30-10-12-31(13-11-30)14-15-32/h6-7,16,32H,2-5,8-15,17H2,1H3,(H,33,34)(H2,27,28,35). The summed E-state index contributed by atoms with van der Waals surface area (Å²) < 4.78 is 23.5. The zero-order valence-electron chi connectivity index (χ0n) is 21.2. The molecule has 1 aromatic heterocycles. The van der Waals surface area contributed by atoms with E-state index in [1.165, 1.54) is 6.07 Å². The molecular weight excluding hydrogens is 501 g/mol. The maximum absolute atomic E-state index is 14.0. The summed E-state index contributed by atoms with van der Waals surface area (Å²) in [7, 11) is 0. The molecule has 3 rings (SSSR count). The summed E-state index contributed by atoms with van der Waals surface area (Å²) in [4.78, 5) is 28.7. The van der Waals surface area contributed by atoms with Crippen LogP contribution >= 0.6 is 11.5 Å². The number of β-amino-alcohol motifs (C(OH)–C–C–N with tert-alkyl or cyclic N) is 1. The van der Waals surface area contributed by atoms with Gasteiger partial charge < -0.3 is 25.2 Å². The summed E-state index contributed by atoms with van der Waals surface area (Å²) >= 11 is 0.800. The number of aromatic carboxylic acids is 1. The number of carboxylic acid groups (broad SMARTS) is 1. The van der Waals surface area contributed by atoms with E-state index >= 15 is 0 Å². The molecule has 2 aromatic rings. The molecule has 0 atom stereocenters. The van der Waals surface area contributed by atoms with Gasteiger partial charge in [0, 0.05) is 44.8 Å². The zero-order chi connectivity index (χ0) is 26.6. The number of ether oxygens (including phenoxy) is 1. The van der Waals surface area contributed by atoms with Crippen molar-refractivity contribution < 1.29 is 28.9 Å². The number of amides is 2. The smallest absolute Gasteiger partial charge is 0.344 e. The number of carbonyl (C=O) groups excluding carboxylic acids is 1. The number of nitrogens with zero attached hydrogens (tertiary/aromatic N) is 3. The fraction of sp³-hybridized carbons (Fsp3) is 0.560. The summed E-state index contributed by atoms with van der Waals surface area (Å²) in [6.07, 6.45) is 3.98. The average molecular weight is 538 g/mol. The molecular formula is C25H36FN5O5S. The van der Waals surface area contributed by atoms with Crippen LogP contribution in [0.4, 0.5) is 14.2 Å². The number of piperazine rings is 1. The zero-order valence-corrected chi connectivity index (χ0v) is 22.0. The van der Waals surface area contributed by atoms with Crippen molar-refractivity contribution in [2.75, 3.05) is 57.7 Å². The van der Waals surface area contributed by atoms with E-state index in [-0.39, 0.29) is 35.2 Å². The third-order valence-corrected chi connectivity index (χ3v) is 6.99. The largest absolute Gasteiger partial charge is 0.477 e. The fourth-order valence-corrected chi connectivity index (χ4v) is 4.83. The van der Waals surface area contributed by atoms with Crippen LogP contribution in [-0.2, 0) is 6.61 Å². The van der Waals surface area contributed by atoms with Crippen molar-refractivity contribution in [1.29, 1.82) is 0 Å². The van der Waals surface area contributed by atoms with E-state index in [1.54, 1.807) is 19.1 Å². The predicted octanol–water partition coefficient (Wildman–Crippen LogP) is 3.16. The van der Waals surface area contributed by atoms with E-state index < -0.39 is 17.8 Å². The molecule has 4 N–H and O–H groups in total. The fourth-order valence-electron chi connectivity index (χ4n) is 4.10. The topological polar surface area (TPSA) is 127 Å². The minimum atomic E-state index is -1.29. The van der Waals surface area contributed by atoms with Gasteiger partial charge in [0.15, 0.2) is 5.56 Å². The minimum Gasteiger partial charge on any atom is -0.477 e. The lowest BCUT2D eigenvalue weighted by Crippen LogP contribution is -2.47. The monoisotopic (exact) mass is 537 g/mol. The quantitative estimate of drug-likeness (QED) is 0.271. The summed E-state index contributed by atoms with van der Waals surface area (Å²) in [6.45, 7) is 8.16. The van der Waals surface area contributed by atoms with Gasteiger partial charge >= 0.3 is 12.0 Å². The van der Waals surface area contributed by atoms with Crippen molar-refractivity contribution in [2.24, 2.45) is 0 Å². The van der Waals surface area contributed by atoms with Gasteiger partial charge in [0.05, 0.1) is 6.61 Å². The third-order valence-electron chi connectivity index (χ3n) is 6.24. The number of anilines is 1. The Labute approximate surface area is 220 Å². The average Bonchev–Trinajstić information content (AvgIpc) is 3.26. The van der Waals surface area contributed by atoms with Gasteiger partial charge in [0.25, 0.3) is 0 Å². The molecule has 0 spiro atoms. The number of hydrogen-bond acceptors (Lipinski definition) is 8.